The smallest absolute Gasteiger partial charge is 0.123 e. The van der Waals surface area contributed by atoms with Gasteiger partial charge in [-0.3, -0.25) is 4.90 Å². The van der Waals surface area contributed by atoms with Gasteiger partial charge in [0.15, 0.2) is 0 Å². The van der Waals surface area contributed by atoms with E-state index in [1.165, 1.54) is 11.1 Å². The molecule has 0 amide bonds. The van der Waals surface area contributed by atoms with Gasteiger partial charge >= 0.3 is 0 Å². The van der Waals surface area contributed by atoms with Crippen molar-refractivity contribution < 1.29 is 9.15 Å². The molecule has 1 heterocycles. The molecule has 0 saturated heterocycles. The van der Waals surface area contributed by atoms with Gasteiger partial charge in [-0.2, -0.15) is 0 Å². The third-order valence-electron chi connectivity index (χ3n) is 3.58. The molecule has 0 aliphatic rings. The summed E-state index contributed by atoms with van der Waals surface area (Å²) in [5.41, 5.74) is 2.41. The van der Waals surface area contributed by atoms with Crippen molar-refractivity contribution in [3.8, 4) is 5.75 Å². The maximum absolute atomic E-state index is 5.52. The quantitative estimate of drug-likeness (QED) is 0.850. The molecular formula is C17H24N2O2. The van der Waals surface area contributed by atoms with Crippen molar-refractivity contribution in [1.29, 1.82) is 0 Å². The lowest BCUT2D eigenvalue weighted by Gasteiger charge is -2.23. The van der Waals surface area contributed by atoms with E-state index >= 15 is 0 Å². The van der Waals surface area contributed by atoms with Gasteiger partial charge in [-0.25, -0.2) is 0 Å². The minimum absolute atomic E-state index is 0.218. The number of furan rings is 1. The van der Waals surface area contributed by atoms with Crippen molar-refractivity contribution in [2.45, 2.75) is 19.5 Å². The molecule has 2 aromatic rings. The summed E-state index contributed by atoms with van der Waals surface area (Å²) in [6.07, 6.45) is 1.72. The Morgan fingerprint density at radius 2 is 2.10 bits per heavy atom. The molecule has 21 heavy (non-hydrogen) atoms. The number of likely N-dealkylation sites (N-methyl/N-ethyl adjacent to an activating group) is 1. The normalized spacial score (nSPS) is 12.6. The van der Waals surface area contributed by atoms with Crippen LogP contribution in [-0.4, -0.2) is 32.6 Å². The van der Waals surface area contributed by atoms with Crippen LogP contribution in [0, 0.1) is 6.92 Å². The van der Waals surface area contributed by atoms with Gasteiger partial charge in [0, 0.05) is 18.7 Å². The minimum Gasteiger partial charge on any atom is -0.496 e. The second-order valence-corrected chi connectivity index (χ2v) is 5.44. The van der Waals surface area contributed by atoms with E-state index in [-0.39, 0.29) is 6.04 Å². The number of hydrogen-bond donors (Lipinski definition) is 1. The molecule has 0 radical (unpaired) electrons. The number of benzene rings is 1. The fraction of sp³-hybridized carbons (Fsp3) is 0.412. The fourth-order valence-corrected chi connectivity index (χ4v) is 2.41. The number of nitrogens with zero attached hydrogens (tertiary/aromatic N) is 1. The number of aryl methyl sites for hydroxylation is 1. The molecule has 0 bridgehead atoms. The van der Waals surface area contributed by atoms with Crippen LogP contribution in [0.2, 0.25) is 0 Å². The van der Waals surface area contributed by atoms with Crippen LogP contribution in [0.1, 0.15) is 22.9 Å². The maximum Gasteiger partial charge on any atom is 0.123 e. The summed E-state index contributed by atoms with van der Waals surface area (Å²) in [4.78, 5) is 2.15. The van der Waals surface area contributed by atoms with E-state index < -0.39 is 0 Å². The summed E-state index contributed by atoms with van der Waals surface area (Å²) < 4.78 is 10.9. The van der Waals surface area contributed by atoms with E-state index in [0.717, 1.165) is 24.6 Å². The Balaban J connectivity index is 1.98. The molecule has 0 fully saturated rings. The molecule has 2 rings (SSSR count). The van der Waals surface area contributed by atoms with Crippen LogP contribution in [0.15, 0.2) is 41.0 Å². The molecule has 1 aromatic carbocycles. The lowest BCUT2D eigenvalue weighted by atomic mass is 10.1. The van der Waals surface area contributed by atoms with Crippen LogP contribution in [-0.2, 0) is 6.54 Å². The predicted molar refractivity (Wildman–Crippen MR) is 84.6 cm³/mol. The molecule has 1 N–H and O–H groups in total. The highest BCUT2D eigenvalue weighted by Crippen LogP contribution is 2.21. The summed E-state index contributed by atoms with van der Waals surface area (Å²) in [5.74, 6) is 1.90. The Labute approximate surface area is 126 Å². The molecule has 1 aromatic heterocycles. The Morgan fingerprint density at radius 1 is 1.29 bits per heavy atom. The van der Waals surface area contributed by atoms with Gasteiger partial charge in [-0.1, -0.05) is 17.7 Å². The van der Waals surface area contributed by atoms with Crippen molar-refractivity contribution in [2.24, 2.45) is 0 Å². The highest BCUT2D eigenvalue weighted by Gasteiger charge is 2.16. The van der Waals surface area contributed by atoms with Crippen LogP contribution in [0.4, 0.5) is 0 Å². The Morgan fingerprint density at radius 3 is 2.71 bits per heavy atom. The first-order valence-corrected chi connectivity index (χ1v) is 7.16. The predicted octanol–water partition coefficient (Wildman–Crippen LogP) is 2.99. The zero-order valence-electron chi connectivity index (χ0n) is 13.2. The Hall–Kier alpha value is -1.78. The standard InChI is InChI=1S/C17H24N2O2/c1-13-7-8-16(20-4)14(10-13)11-18-12-15(19(2)3)17-6-5-9-21-17/h5-10,15,18H,11-12H2,1-4H3. The summed E-state index contributed by atoms with van der Waals surface area (Å²) in [5, 5.41) is 3.49. The summed E-state index contributed by atoms with van der Waals surface area (Å²) in [6, 6.07) is 10.4. The molecule has 0 spiro atoms. The molecule has 1 atom stereocenters. The van der Waals surface area contributed by atoms with Crippen molar-refractivity contribution in [3.63, 3.8) is 0 Å². The monoisotopic (exact) mass is 288 g/mol. The van der Waals surface area contributed by atoms with E-state index in [1.54, 1.807) is 13.4 Å². The van der Waals surface area contributed by atoms with E-state index in [9.17, 15) is 0 Å². The summed E-state index contributed by atoms with van der Waals surface area (Å²) >= 11 is 0. The highest BCUT2D eigenvalue weighted by molar-refractivity contribution is 5.36. The first kappa shape index (κ1) is 15.6. The number of rotatable bonds is 7. The molecule has 114 valence electrons. The Bertz CT molecular complexity index is 550. The van der Waals surface area contributed by atoms with Crippen LogP contribution in [0.25, 0.3) is 0 Å². The first-order chi connectivity index (χ1) is 10.1. The fourth-order valence-electron chi connectivity index (χ4n) is 2.41. The SMILES string of the molecule is COc1ccc(C)cc1CNCC(c1ccco1)N(C)C. The second kappa shape index (κ2) is 7.29. The molecule has 1 unspecified atom stereocenters. The van der Waals surface area contributed by atoms with Gasteiger partial charge in [0.1, 0.15) is 11.5 Å². The largest absolute Gasteiger partial charge is 0.496 e. The zero-order chi connectivity index (χ0) is 15.2. The summed E-state index contributed by atoms with van der Waals surface area (Å²) in [7, 11) is 5.82. The van der Waals surface area contributed by atoms with Crippen LogP contribution in [0.3, 0.4) is 0 Å². The first-order valence-electron chi connectivity index (χ1n) is 7.16. The maximum atomic E-state index is 5.52. The highest BCUT2D eigenvalue weighted by atomic mass is 16.5. The van der Waals surface area contributed by atoms with Crippen molar-refractivity contribution in [1.82, 2.24) is 10.2 Å². The van der Waals surface area contributed by atoms with Gasteiger partial charge in [0.05, 0.1) is 19.4 Å². The number of ether oxygens (including phenoxy) is 1. The Kier molecular flexibility index (Phi) is 5.42. The topological polar surface area (TPSA) is 37.6 Å². The molecular weight excluding hydrogens is 264 g/mol. The van der Waals surface area contributed by atoms with Gasteiger partial charge in [0.25, 0.3) is 0 Å². The molecule has 0 aliphatic carbocycles. The second-order valence-electron chi connectivity index (χ2n) is 5.44. The van der Waals surface area contributed by atoms with Crippen molar-refractivity contribution in [3.05, 3.63) is 53.5 Å². The number of hydrogen-bond acceptors (Lipinski definition) is 4. The van der Waals surface area contributed by atoms with E-state index in [2.05, 4.69) is 43.4 Å². The lowest BCUT2D eigenvalue weighted by Crippen LogP contribution is -2.30. The van der Waals surface area contributed by atoms with E-state index in [4.69, 9.17) is 9.15 Å². The van der Waals surface area contributed by atoms with Gasteiger partial charge in [-0.05, 0) is 39.2 Å². The minimum atomic E-state index is 0.218. The number of nitrogens with one attached hydrogen (secondary N) is 1. The molecule has 4 nitrogen and oxygen atoms in total. The van der Waals surface area contributed by atoms with Crippen LogP contribution in [0.5, 0.6) is 5.75 Å². The van der Waals surface area contributed by atoms with Crippen LogP contribution < -0.4 is 10.1 Å². The molecule has 4 heteroatoms. The van der Waals surface area contributed by atoms with Gasteiger partial charge in [0.2, 0.25) is 0 Å². The zero-order valence-corrected chi connectivity index (χ0v) is 13.2. The lowest BCUT2D eigenvalue weighted by molar-refractivity contribution is 0.250. The number of methoxy groups -OCH3 is 1. The molecule has 0 aliphatic heterocycles. The van der Waals surface area contributed by atoms with Gasteiger partial charge in [-0.15, -0.1) is 0 Å². The third kappa shape index (κ3) is 4.09. The van der Waals surface area contributed by atoms with E-state index in [0.29, 0.717) is 0 Å². The van der Waals surface area contributed by atoms with Gasteiger partial charge < -0.3 is 14.5 Å². The average molecular weight is 288 g/mol. The summed E-state index contributed by atoms with van der Waals surface area (Å²) in [6.45, 7) is 3.68. The van der Waals surface area contributed by atoms with Crippen molar-refractivity contribution in [2.75, 3.05) is 27.7 Å². The van der Waals surface area contributed by atoms with E-state index in [1.807, 2.05) is 18.2 Å². The van der Waals surface area contributed by atoms with Crippen molar-refractivity contribution >= 4 is 0 Å². The molecule has 0 saturated carbocycles. The van der Waals surface area contributed by atoms with Crippen LogP contribution >= 0.6 is 0 Å². The third-order valence-corrected chi connectivity index (χ3v) is 3.58. The average Bonchev–Trinajstić information content (AvgIpc) is 2.97.